The fraction of sp³-hybridized carbons (Fsp3) is 0.143. The Morgan fingerprint density at radius 1 is 1.25 bits per heavy atom. The highest BCUT2D eigenvalue weighted by Gasteiger charge is 1.99. The molecule has 0 spiro atoms. The largest absolute Gasteiger partial charge is 0.313 e. The lowest BCUT2D eigenvalue weighted by atomic mass is 10.2. The first kappa shape index (κ1) is 16.2. The molecule has 6 heteroatoms. The molecule has 2 aromatic rings. The third kappa shape index (κ3) is 4.70. The third-order valence-corrected chi connectivity index (χ3v) is 3.29. The van der Waals surface area contributed by atoms with E-state index >= 15 is 0 Å². The summed E-state index contributed by atoms with van der Waals surface area (Å²) in [4.78, 5) is 13.9. The first-order valence-electron chi connectivity index (χ1n) is 5.68. The minimum Gasteiger partial charge on any atom is -0.313 e. The topological polar surface area (TPSA) is 42.0 Å². The lowest BCUT2D eigenvalue weighted by molar-refractivity contribution is -0.105. The minimum atomic E-state index is -0.491. The summed E-state index contributed by atoms with van der Waals surface area (Å²) in [6.45, 7) is 3.34. The second-order valence-corrected chi connectivity index (χ2v) is 4.78. The van der Waals surface area contributed by atoms with Crippen molar-refractivity contribution < 1.29 is 13.6 Å². The fourth-order valence-corrected chi connectivity index (χ4v) is 1.48. The number of hydrogen-bond acceptors (Lipinski definition) is 2. The predicted octanol–water partition coefficient (Wildman–Crippen LogP) is 3.99. The lowest BCUT2D eigenvalue weighted by Crippen LogP contribution is -1.96. The highest BCUT2D eigenvalue weighted by atomic mass is 79.9. The summed E-state index contributed by atoms with van der Waals surface area (Å²) < 4.78 is 25.6. The van der Waals surface area contributed by atoms with Gasteiger partial charge in [-0.05, 0) is 53.5 Å². The molecule has 1 heterocycles. The number of rotatable bonds is 2. The molecule has 0 saturated carbocycles. The smallest absolute Gasteiger partial charge is 0.212 e. The van der Waals surface area contributed by atoms with E-state index in [0.29, 0.717) is 12.2 Å². The molecular formula is C14H13BrF2N2O. The van der Waals surface area contributed by atoms with Crippen LogP contribution in [0.15, 0.2) is 34.9 Å². The average molecular weight is 343 g/mol. The molecule has 1 amide bonds. The van der Waals surface area contributed by atoms with Crippen LogP contribution in [-0.2, 0) is 4.79 Å². The van der Waals surface area contributed by atoms with Crippen LogP contribution in [0.4, 0.5) is 14.6 Å². The van der Waals surface area contributed by atoms with Gasteiger partial charge in [-0.15, -0.1) is 0 Å². The van der Waals surface area contributed by atoms with Crippen LogP contribution >= 0.6 is 15.9 Å². The lowest BCUT2D eigenvalue weighted by Gasteiger charge is -1.99. The minimum absolute atomic E-state index is 0.0810. The average Bonchev–Trinajstić information content (AvgIpc) is 2.41. The third-order valence-electron chi connectivity index (χ3n) is 2.46. The molecule has 106 valence electrons. The Labute approximate surface area is 124 Å². The van der Waals surface area contributed by atoms with Gasteiger partial charge in [0.05, 0.1) is 0 Å². The van der Waals surface area contributed by atoms with Crippen molar-refractivity contribution in [2.75, 3.05) is 5.32 Å². The monoisotopic (exact) mass is 342 g/mol. The van der Waals surface area contributed by atoms with Crippen LogP contribution in [0, 0.1) is 25.5 Å². The second-order valence-electron chi connectivity index (χ2n) is 3.93. The van der Waals surface area contributed by atoms with E-state index in [9.17, 15) is 13.6 Å². The van der Waals surface area contributed by atoms with Gasteiger partial charge in [0.25, 0.3) is 0 Å². The Bertz CT molecular complexity index is 585. The molecule has 0 radical (unpaired) electrons. The number of nitrogens with one attached hydrogen (secondary N) is 1. The summed E-state index contributed by atoms with van der Waals surface area (Å²) in [6.07, 6.45) is 2.26. The summed E-state index contributed by atoms with van der Waals surface area (Å²) in [5, 5.41) is 2.46. The summed E-state index contributed by atoms with van der Waals surface area (Å²) >= 11 is 3.30. The molecule has 0 unspecified atom stereocenters. The molecule has 0 aliphatic carbocycles. The first-order chi connectivity index (χ1) is 9.45. The van der Waals surface area contributed by atoms with E-state index in [-0.39, 0.29) is 5.56 Å². The maximum absolute atomic E-state index is 12.3. The second kappa shape index (κ2) is 7.69. The molecule has 1 aromatic heterocycles. The van der Waals surface area contributed by atoms with E-state index in [1.807, 2.05) is 6.92 Å². The molecule has 0 bridgehead atoms. The molecule has 2 rings (SSSR count). The van der Waals surface area contributed by atoms with E-state index in [1.54, 1.807) is 12.3 Å². The zero-order valence-corrected chi connectivity index (χ0v) is 12.5. The fourth-order valence-electron chi connectivity index (χ4n) is 1.26. The highest BCUT2D eigenvalue weighted by Crippen LogP contribution is 2.16. The van der Waals surface area contributed by atoms with Crippen molar-refractivity contribution in [2.45, 2.75) is 13.8 Å². The molecule has 0 saturated heterocycles. The number of carbonyl (C=O) groups is 1. The van der Waals surface area contributed by atoms with Crippen molar-refractivity contribution in [3.8, 4) is 0 Å². The number of halogens is 3. The zero-order chi connectivity index (χ0) is 15.1. The van der Waals surface area contributed by atoms with Gasteiger partial charge < -0.3 is 5.32 Å². The van der Waals surface area contributed by atoms with Gasteiger partial charge in [0.2, 0.25) is 6.41 Å². The maximum atomic E-state index is 12.3. The number of aromatic nitrogens is 1. The Balaban J connectivity index is 0.000000204. The maximum Gasteiger partial charge on any atom is 0.212 e. The van der Waals surface area contributed by atoms with Crippen molar-refractivity contribution in [3.05, 3.63) is 57.7 Å². The van der Waals surface area contributed by atoms with Crippen LogP contribution in [0.5, 0.6) is 0 Å². The number of anilines is 1. The Hall–Kier alpha value is -1.82. The van der Waals surface area contributed by atoms with Gasteiger partial charge in [-0.25, -0.2) is 13.8 Å². The van der Waals surface area contributed by atoms with E-state index in [1.165, 1.54) is 25.1 Å². The highest BCUT2D eigenvalue weighted by molar-refractivity contribution is 9.10. The number of hydrogen-bond donors (Lipinski definition) is 1. The van der Waals surface area contributed by atoms with Crippen molar-refractivity contribution in [2.24, 2.45) is 0 Å². The number of carbonyl (C=O) groups excluding carboxylic acids is 1. The van der Waals surface area contributed by atoms with Crippen molar-refractivity contribution in [1.82, 2.24) is 4.98 Å². The van der Waals surface area contributed by atoms with Gasteiger partial charge >= 0.3 is 0 Å². The zero-order valence-electron chi connectivity index (χ0n) is 11.0. The number of nitrogens with zero attached hydrogens (tertiary/aromatic N) is 1. The van der Waals surface area contributed by atoms with Crippen LogP contribution in [0.1, 0.15) is 11.1 Å². The molecule has 0 aliphatic heterocycles. The Morgan fingerprint density at radius 3 is 2.30 bits per heavy atom. The van der Waals surface area contributed by atoms with Crippen molar-refractivity contribution >= 4 is 28.2 Å². The number of pyridine rings is 1. The molecule has 1 aromatic carbocycles. The van der Waals surface area contributed by atoms with E-state index in [0.717, 1.165) is 10.0 Å². The van der Waals surface area contributed by atoms with Gasteiger partial charge in [-0.1, -0.05) is 6.07 Å². The quantitative estimate of drug-likeness (QED) is 0.838. The Morgan fingerprint density at radius 2 is 1.85 bits per heavy atom. The first-order valence-corrected chi connectivity index (χ1v) is 6.48. The summed E-state index contributed by atoms with van der Waals surface area (Å²) in [7, 11) is 0. The molecule has 0 aliphatic rings. The van der Waals surface area contributed by atoms with Crippen LogP contribution in [0.25, 0.3) is 0 Å². The van der Waals surface area contributed by atoms with Crippen molar-refractivity contribution in [3.63, 3.8) is 0 Å². The molecule has 0 fully saturated rings. The summed E-state index contributed by atoms with van der Waals surface area (Å²) in [5.41, 5.74) is 1.13. The van der Waals surface area contributed by atoms with Gasteiger partial charge in [-0.2, -0.15) is 0 Å². The molecule has 0 atom stereocenters. The van der Waals surface area contributed by atoms with Crippen LogP contribution in [-0.4, -0.2) is 11.4 Å². The molecule has 20 heavy (non-hydrogen) atoms. The van der Waals surface area contributed by atoms with Crippen LogP contribution < -0.4 is 5.32 Å². The summed E-state index contributed by atoms with van der Waals surface area (Å²) in [5.74, 6) is -0.411. The van der Waals surface area contributed by atoms with E-state index in [4.69, 9.17) is 0 Å². The van der Waals surface area contributed by atoms with Crippen molar-refractivity contribution in [1.29, 1.82) is 0 Å². The molecule has 1 N–H and O–H groups in total. The summed E-state index contributed by atoms with van der Waals surface area (Å²) in [6, 6.07) is 5.60. The predicted molar refractivity (Wildman–Crippen MR) is 77.5 cm³/mol. The molecular weight excluding hydrogens is 330 g/mol. The van der Waals surface area contributed by atoms with Gasteiger partial charge in [0.1, 0.15) is 17.5 Å². The van der Waals surface area contributed by atoms with Gasteiger partial charge in [0, 0.05) is 16.2 Å². The van der Waals surface area contributed by atoms with E-state index < -0.39 is 11.6 Å². The standard InChI is InChI=1S/C7H7BrN2O.C7H6F2/c1-5-2-7(10-4-11)9-3-6(5)8;1-5-6(8)3-2-4-7(5)9/h2-4H,1H3,(H,9,10,11);2-4H,1H3. The normalized spacial score (nSPS) is 9.45. The SMILES string of the molecule is Cc1c(F)cccc1F.Cc1cc(NC=O)ncc1Br. The number of benzene rings is 1. The van der Waals surface area contributed by atoms with E-state index in [2.05, 4.69) is 26.2 Å². The van der Waals surface area contributed by atoms with Gasteiger partial charge in [0.15, 0.2) is 0 Å². The van der Waals surface area contributed by atoms with Crippen LogP contribution in [0.2, 0.25) is 0 Å². The van der Waals surface area contributed by atoms with Crippen LogP contribution in [0.3, 0.4) is 0 Å². The number of aryl methyl sites for hydroxylation is 1. The number of amides is 1. The molecule has 3 nitrogen and oxygen atoms in total. The Kier molecular flexibility index (Phi) is 6.24. The van der Waals surface area contributed by atoms with Gasteiger partial charge in [-0.3, -0.25) is 4.79 Å².